The van der Waals surface area contributed by atoms with Crippen LogP contribution < -0.4 is 0 Å². The van der Waals surface area contributed by atoms with Crippen LogP contribution in [0.2, 0.25) is 0 Å². The van der Waals surface area contributed by atoms with Gasteiger partial charge in [0.05, 0.1) is 0 Å². The topological polar surface area (TPSA) is 0 Å². The molecule has 0 fully saturated rings. The van der Waals surface area contributed by atoms with Gasteiger partial charge in [-0.3, -0.25) is 0 Å². The van der Waals surface area contributed by atoms with Crippen LogP contribution in [0, 0.1) is 17.3 Å². The molecule has 0 saturated heterocycles. The Morgan fingerprint density at radius 3 is 2.42 bits per heavy atom. The Labute approximate surface area is 77.1 Å². The van der Waals surface area contributed by atoms with Crippen LogP contribution in [0.15, 0.2) is 11.6 Å². The smallest absolute Gasteiger partial charge is 0.0260 e. The SMILES string of the molecule is CC(C)C1=CCC(C)C(C)(C)C1. The first-order valence-corrected chi connectivity index (χ1v) is 5.12. The van der Waals surface area contributed by atoms with Crippen molar-refractivity contribution in [2.75, 3.05) is 0 Å². The minimum atomic E-state index is 0.522. The highest BCUT2D eigenvalue weighted by Gasteiger charge is 2.30. The molecule has 0 nitrogen and oxygen atoms in total. The summed E-state index contributed by atoms with van der Waals surface area (Å²) in [6.07, 6.45) is 5.03. The largest absolute Gasteiger partial charge is 0.0848 e. The standard InChI is InChI=1S/C12H22/c1-9(2)11-7-6-10(3)12(4,5)8-11/h7,9-10H,6,8H2,1-5H3. The maximum Gasteiger partial charge on any atom is -0.0260 e. The second-order valence-electron chi connectivity index (χ2n) is 5.24. The number of rotatable bonds is 1. The van der Waals surface area contributed by atoms with Gasteiger partial charge in [-0.1, -0.05) is 46.3 Å². The van der Waals surface area contributed by atoms with Crippen molar-refractivity contribution >= 4 is 0 Å². The molecule has 0 aromatic rings. The van der Waals surface area contributed by atoms with E-state index in [0.717, 1.165) is 11.8 Å². The van der Waals surface area contributed by atoms with E-state index in [1.807, 2.05) is 0 Å². The lowest BCUT2D eigenvalue weighted by molar-refractivity contribution is 0.210. The Kier molecular flexibility index (Phi) is 2.65. The first-order valence-electron chi connectivity index (χ1n) is 5.12. The number of hydrogen-bond donors (Lipinski definition) is 0. The predicted molar refractivity (Wildman–Crippen MR) is 55.1 cm³/mol. The molecule has 1 unspecified atom stereocenters. The molecule has 0 spiro atoms. The van der Waals surface area contributed by atoms with E-state index in [1.54, 1.807) is 5.57 Å². The summed E-state index contributed by atoms with van der Waals surface area (Å²) in [5.41, 5.74) is 2.19. The van der Waals surface area contributed by atoms with Gasteiger partial charge in [0.1, 0.15) is 0 Å². The van der Waals surface area contributed by atoms with Gasteiger partial charge in [-0.2, -0.15) is 0 Å². The van der Waals surface area contributed by atoms with E-state index in [0.29, 0.717) is 5.41 Å². The lowest BCUT2D eigenvalue weighted by Gasteiger charge is -2.37. The van der Waals surface area contributed by atoms with Gasteiger partial charge < -0.3 is 0 Å². The monoisotopic (exact) mass is 166 g/mol. The summed E-state index contributed by atoms with van der Waals surface area (Å²) in [5, 5.41) is 0. The Balaban J connectivity index is 2.74. The lowest BCUT2D eigenvalue weighted by Crippen LogP contribution is -2.26. The fourth-order valence-electron chi connectivity index (χ4n) is 1.86. The molecular weight excluding hydrogens is 144 g/mol. The molecule has 0 radical (unpaired) electrons. The van der Waals surface area contributed by atoms with Crippen LogP contribution in [0.5, 0.6) is 0 Å². The third-order valence-corrected chi connectivity index (χ3v) is 3.47. The minimum absolute atomic E-state index is 0.522. The second kappa shape index (κ2) is 3.24. The van der Waals surface area contributed by atoms with Crippen LogP contribution in [0.3, 0.4) is 0 Å². The Morgan fingerprint density at radius 2 is 2.00 bits per heavy atom. The second-order valence-corrected chi connectivity index (χ2v) is 5.24. The van der Waals surface area contributed by atoms with E-state index in [9.17, 15) is 0 Å². The van der Waals surface area contributed by atoms with E-state index < -0.39 is 0 Å². The lowest BCUT2D eigenvalue weighted by atomic mass is 9.68. The molecular formula is C12H22. The molecule has 0 aliphatic heterocycles. The van der Waals surface area contributed by atoms with E-state index in [2.05, 4.69) is 40.7 Å². The molecule has 0 aromatic carbocycles. The predicted octanol–water partition coefficient (Wildman–Crippen LogP) is 4.02. The van der Waals surface area contributed by atoms with Crippen LogP contribution in [0.25, 0.3) is 0 Å². The van der Waals surface area contributed by atoms with Gasteiger partial charge in [0.25, 0.3) is 0 Å². The fourth-order valence-corrected chi connectivity index (χ4v) is 1.86. The normalized spacial score (nSPS) is 28.8. The molecule has 0 heterocycles. The fraction of sp³-hybridized carbons (Fsp3) is 0.833. The average Bonchev–Trinajstić information content (AvgIpc) is 1.94. The van der Waals surface area contributed by atoms with E-state index >= 15 is 0 Å². The van der Waals surface area contributed by atoms with Crippen molar-refractivity contribution in [3.05, 3.63) is 11.6 Å². The van der Waals surface area contributed by atoms with E-state index in [-0.39, 0.29) is 0 Å². The summed E-state index contributed by atoms with van der Waals surface area (Å²) in [6.45, 7) is 11.8. The molecule has 12 heavy (non-hydrogen) atoms. The van der Waals surface area contributed by atoms with Crippen LogP contribution in [-0.4, -0.2) is 0 Å². The molecule has 0 amide bonds. The maximum absolute atomic E-state index is 2.46. The van der Waals surface area contributed by atoms with Crippen molar-refractivity contribution in [1.82, 2.24) is 0 Å². The average molecular weight is 166 g/mol. The first kappa shape index (κ1) is 9.83. The van der Waals surface area contributed by atoms with E-state index in [1.165, 1.54) is 12.8 Å². The minimum Gasteiger partial charge on any atom is -0.0848 e. The van der Waals surface area contributed by atoms with Crippen molar-refractivity contribution < 1.29 is 0 Å². The molecule has 0 heteroatoms. The maximum atomic E-state index is 2.46. The Morgan fingerprint density at radius 1 is 1.42 bits per heavy atom. The summed E-state index contributed by atoms with van der Waals surface area (Å²) >= 11 is 0. The summed E-state index contributed by atoms with van der Waals surface area (Å²) in [6, 6.07) is 0. The third-order valence-electron chi connectivity index (χ3n) is 3.47. The van der Waals surface area contributed by atoms with Gasteiger partial charge in [-0.05, 0) is 30.1 Å². The highest BCUT2D eigenvalue weighted by atomic mass is 14.3. The summed E-state index contributed by atoms with van der Waals surface area (Å²) in [5.74, 6) is 1.59. The molecule has 0 aromatic heterocycles. The van der Waals surface area contributed by atoms with Gasteiger partial charge in [-0.15, -0.1) is 0 Å². The van der Waals surface area contributed by atoms with Gasteiger partial charge >= 0.3 is 0 Å². The van der Waals surface area contributed by atoms with Crippen molar-refractivity contribution in [2.45, 2.75) is 47.5 Å². The molecule has 0 bridgehead atoms. The van der Waals surface area contributed by atoms with Crippen molar-refractivity contribution in [2.24, 2.45) is 17.3 Å². The highest BCUT2D eigenvalue weighted by molar-refractivity contribution is 5.12. The Bertz CT molecular complexity index is 184. The number of hydrogen-bond acceptors (Lipinski definition) is 0. The zero-order valence-electron chi connectivity index (χ0n) is 9.15. The molecule has 1 aliphatic carbocycles. The number of allylic oxidation sites excluding steroid dienone is 2. The zero-order valence-corrected chi connectivity index (χ0v) is 9.15. The van der Waals surface area contributed by atoms with Gasteiger partial charge in [-0.25, -0.2) is 0 Å². The molecule has 1 aliphatic rings. The zero-order chi connectivity index (χ0) is 9.35. The summed E-state index contributed by atoms with van der Waals surface area (Å²) < 4.78 is 0. The summed E-state index contributed by atoms with van der Waals surface area (Å²) in [7, 11) is 0. The van der Waals surface area contributed by atoms with Crippen LogP contribution in [-0.2, 0) is 0 Å². The highest BCUT2D eigenvalue weighted by Crippen LogP contribution is 2.41. The van der Waals surface area contributed by atoms with Gasteiger partial charge in [0.2, 0.25) is 0 Å². The molecule has 70 valence electrons. The first-order chi connectivity index (χ1) is 5.43. The van der Waals surface area contributed by atoms with Crippen molar-refractivity contribution in [3.63, 3.8) is 0 Å². The van der Waals surface area contributed by atoms with Crippen LogP contribution in [0.1, 0.15) is 47.5 Å². The summed E-state index contributed by atoms with van der Waals surface area (Å²) in [4.78, 5) is 0. The van der Waals surface area contributed by atoms with Gasteiger partial charge in [0, 0.05) is 0 Å². The van der Waals surface area contributed by atoms with Gasteiger partial charge in [0.15, 0.2) is 0 Å². The molecule has 1 atom stereocenters. The molecule has 0 N–H and O–H groups in total. The molecule has 1 rings (SSSR count). The van der Waals surface area contributed by atoms with Crippen molar-refractivity contribution in [3.8, 4) is 0 Å². The quantitative estimate of drug-likeness (QED) is 0.516. The van der Waals surface area contributed by atoms with E-state index in [4.69, 9.17) is 0 Å². The van der Waals surface area contributed by atoms with Crippen molar-refractivity contribution in [1.29, 1.82) is 0 Å². The van der Waals surface area contributed by atoms with Crippen LogP contribution >= 0.6 is 0 Å². The van der Waals surface area contributed by atoms with Crippen LogP contribution in [0.4, 0.5) is 0 Å². The Hall–Kier alpha value is -0.260. The third kappa shape index (κ3) is 1.91. The molecule has 0 saturated carbocycles.